The van der Waals surface area contributed by atoms with Crippen LogP contribution in [0.1, 0.15) is 19.8 Å². The van der Waals surface area contributed by atoms with Crippen LogP contribution in [-0.2, 0) is 4.79 Å². The Hall–Kier alpha value is -0.610. The minimum atomic E-state index is -0.947. The molecule has 0 bridgehead atoms. The molecule has 0 aromatic rings. The Balaban J connectivity index is 2.55. The molecule has 2 atom stereocenters. The second-order valence-electron chi connectivity index (χ2n) is 3.19. The Morgan fingerprint density at radius 1 is 1.75 bits per heavy atom. The summed E-state index contributed by atoms with van der Waals surface area (Å²) in [6, 6.07) is -0.0768. The van der Waals surface area contributed by atoms with E-state index in [0.717, 1.165) is 12.8 Å². The smallest absolute Gasteiger partial charge is 0.251 e. The van der Waals surface area contributed by atoms with Crippen molar-refractivity contribution in [1.82, 2.24) is 4.90 Å². The van der Waals surface area contributed by atoms with Crippen LogP contribution in [0.25, 0.3) is 0 Å². The summed E-state index contributed by atoms with van der Waals surface area (Å²) in [5.74, 6) is -0.272. The number of hydrogen-bond acceptors (Lipinski definition) is 3. The van der Waals surface area contributed by atoms with E-state index >= 15 is 0 Å². The molecule has 2 N–H and O–H groups in total. The van der Waals surface area contributed by atoms with Gasteiger partial charge in [-0.2, -0.15) is 0 Å². The summed E-state index contributed by atoms with van der Waals surface area (Å²) in [6.45, 7) is 2.11. The van der Waals surface area contributed by atoms with Crippen molar-refractivity contribution in [2.75, 3.05) is 13.2 Å². The average Bonchev–Trinajstić information content (AvgIpc) is 2.49. The van der Waals surface area contributed by atoms with Gasteiger partial charge in [0.05, 0.1) is 12.6 Å². The molecule has 4 heteroatoms. The van der Waals surface area contributed by atoms with Gasteiger partial charge in [0.25, 0.3) is 5.91 Å². The normalized spacial score (nSPS) is 25.9. The lowest BCUT2D eigenvalue weighted by Crippen LogP contribution is -2.42. The lowest BCUT2D eigenvalue weighted by Gasteiger charge is -2.24. The van der Waals surface area contributed by atoms with Gasteiger partial charge in [-0.25, -0.2) is 0 Å². The van der Waals surface area contributed by atoms with Crippen molar-refractivity contribution in [2.24, 2.45) is 0 Å². The summed E-state index contributed by atoms with van der Waals surface area (Å²) in [5.41, 5.74) is 0. The molecule has 1 aliphatic heterocycles. The quantitative estimate of drug-likeness (QED) is 0.583. The van der Waals surface area contributed by atoms with Gasteiger partial charge < -0.3 is 15.1 Å². The number of hydrogen-bond donors (Lipinski definition) is 2. The van der Waals surface area contributed by atoms with Crippen LogP contribution in [0.2, 0.25) is 0 Å². The Morgan fingerprint density at radius 2 is 2.42 bits per heavy atom. The first kappa shape index (κ1) is 9.48. The first-order valence-electron chi connectivity index (χ1n) is 4.26. The highest BCUT2D eigenvalue weighted by atomic mass is 16.3. The maximum absolute atomic E-state index is 11.3. The Morgan fingerprint density at radius 3 is 2.92 bits per heavy atom. The molecule has 0 saturated carbocycles. The zero-order valence-corrected chi connectivity index (χ0v) is 7.23. The summed E-state index contributed by atoms with van der Waals surface area (Å²) >= 11 is 0. The molecule has 12 heavy (non-hydrogen) atoms. The zero-order valence-electron chi connectivity index (χ0n) is 7.23. The van der Waals surface area contributed by atoms with Gasteiger partial charge in [-0.3, -0.25) is 4.79 Å². The third kappa shape index (κ3) is 1.76. The fourth-order valence-corrected chi connectivity index (χ4v) is 1.56. The van der Waals surface area contributed by atoms with Gasteiger partial charge in [0.2, 0.25) is 0 Å². The van der Waals surface area contributed by atoms with E-state index in [-0.39, 0.29) is 18.6 Å². The second kappa shape index (κ2) is 3.87. The molecule has 1 unspecified atom stereocenters. The van der Waals surface area contributed by atoms with Crippen LogP contribution in [0.15, 0.2) is 0 Å². The number of aliphatic hydroxyl groups is 2. The second-order valence-corrected chi connectivity index (χ2v) is 3.19. The molecule has 70 valence electrons. The molecule has 1 saturated heterocycles. The number of likely N-dealkylation sites (tertiary alicyclic amines) is 1. The summed E-state index contributed by atoms with van der Waals surface area (Å²) in [5, 5.41) is 17.9. The predicted octanol–water partition coefficient (Wildman–Crippen LogP) is -0.650. The van der Waals surface area contributed by atoms with Crippen molar-refractivity contribution in [3.8, 4) is 0 Å². The first-order valence-corrected chi connectivity index (χ1v) is 4.26. The summed E-state index contributed by atoms with van der Waals surface area (Å²) in [7, 11) is 0. The van der Waals surface area contributed by atoms with Crippen LogP contribution in [0.5, 0.6) is 0 Å². The highest BCUT2D eigenvalue weighted by molar-refractivity contribution is 5.80. The molecule has 1 aliphatic rings. The molecule has 0 radical (unpaired) electrons. The topological polar surface area (TPSA) is 60.8 Å². The van der Waals surface area contributed by atoms with E-state index in [1.165, 1.54) is 6.92 Å². The predicted molar refractivity (Wildman–Crippen MR) is 43.5 cm³/mol. The molecule has 1 fully saturated rings. The largest absolute Gasteiger partial charge is 0.394 e. The maximum Gasteiger partial charge on any atom is 0.251 e. The van der Waals surface area contributed by atoms with Crippen LogP contribution >= 0.6 is 0 Å². The molecule has 4 nitrogen and oxygen atoms in total. The third-order valence-electron chi connectivity index (χ3n) is 2.23. The van der Waals surface area contributed by atoms with E-state index in [9.17, 15) is 4.79 Å². The van der Waals surface area contributed by atoms with Crippen LogP contribution in [0, 0.1) is 0 Å². The molecule has 0 aromatic heterocycles. The Kier molecular flexibility index (Phi) is 3.05. The average molecular weight is 173 g/mol. The number of carbonyl (C=O) groups excluding carboxylic acids is 1. The van der Waals surface area contributed by atoms with Crippen molar-refractivity contribution in [3.63, 3.8) is 0 Å². The van der Waals surface area contributed by atoms with Crippen molar-refractivity contribution in [2.45, 2.75) is 31.9 Å². The van der Waals surface area contributed by atoms with Gasteiger partial charge in [0.1, 0.15) is 6.10 Å². The van der Waals surface area contributed by atoms with E-state index in [2.05, 4.69) is 0 Å². The van der Waals surface area contributed by atoms with E-state index in [4.69, 9.17) is 10.2 Å². The molecule has 1 amide bonds. The lowest BCUT2D eigenvalue weighted by molar-refractivity contribution is -0.140. The monoisotopic (exact) mass is 173 g/mol. The molecule has 0 spiro atoms. The van der Waals surface area contributed by atoms with E-state index < -0.39 is 6.10 Å². The van der Waals surface area contributed by atoms with Crippen molar-refractivity contribution < 1.29 is 15.0 Å². The van der Waals surface area contributed by atoms with Gasteiger partial charge >= 0.3 is 0 Å². The number of carbonyl (C=O) groups is 1. The van der Waals surface area contributed by atoms with Gasteiger partial charge in [0, 0.05) is 6.54 Å². The fraction of sp³-hybridized carbons (Fsp3) is 0.875. The van der Waals surface area contributed by atoms with Crippen LogP contribution < -0.4 is 0 Å². The standard InChI is InChI=1S/C8H15NO3/c1-6(11)8(12)9-4-2-3-7(9)5-10/h6-7,10-11H,2-5H2,1H3/t6-,7?/m0/s1. The van der Waals surface area contributed by atoms with Gasteiger partial charge in [-0.1, -0.05) is 0 Å². The highest BCUT2D eigenvalue weighted by Crippen LogP contribution is 2.17. The Bertz CT molecular complexity index is 170. The van der Waals surface area contributed by atoms with E-state index in [1.54, 1.807) is 4.90 Å². The number of aliphatic hydroxyl groups excluding tert-OH is 2. The number of amides is 1. The summed E-state index contributed by atoms with van der Waals surface area (Å²) in [4.78, 5) is 12.8. The molecule has 1 rings (SSSR count). The number of nitrogens with zero attached hydrogens (tertiary/aromatic N) is 1. The van der Waals surface area contributed by atoms with Gasteiger partial charge in [-0.05, 0) is 19.8 Å². The van der Waals surface area contributed by atoms with Crippen molar-refractivity contribution in [3.05, 3.63) is 0 Å². The van der Waals surface area contributed by atoms with Crippen molar-refractivity contribution in [1.29, 1.82) is 0 Å². The molecular weight excluding hydrogens is 158 g/mol. The fourth-order valence-electron chi connectivity index (χ4n) is 1.56. The number of rotatable bonds is 2. The molecule has 0 aromatic carbocycles. The summed E-state index contributed by atoms with van der Waals surface area (Å²) in [6.07, 6.45) is 0.815. The Labute approximate surface area is 71.8 Å². The third-order valence-corrected chi connectivity index (χ3v) is 2.23. The van der Waals surface area contributed by atoms with Crippen LogP contribution in [0.3, 0.4) is 0 Å². The highest BCUT2D eigenvalue weighted by Gasteiger charge is 2.29. The van der Waals surface area contributed by atoms with Crippen molar-refractivity contribution >= 4 is 5.91 Å². The minimum absolute atomic E-state index is 0.00153. The van der Waals surface area contributed by atoms with Gasteiger partial charge in [0.15, 0.2) is 0 Å². The molecule has 0 aliphatic carbocycles. The SMILES string of the molecule is C[C@H](O)C(=O)N1CCCC1CO. The molecule has 1 heterocycles. The van der Waals surface area contributed by atoms with Gasteiger partial charge in [-0.15, -0.1) is 0 Å². The van der Waals surface area contributed by atoms with Crippen LogP contribution in [-0.4, -0.2) is 46.3 Å². The van der Waals surface area contributed by atoms with Crippen LogP contribution in [0.4, 0.5) is 0 Å². The lowest BCUT2D eigenvalue weighted by atomic mass is 10.2. The first-order chi connectivity index (χ1) is 5.66. The minimum Gasteiger partial charge on any atom is -0.394 e. The van der Waals surface area contributed by atoms with E-state index in [0.29, 0.717) is 6.54 Å². The summed E-state index contributed by atoms with van der Waals surface area (Å²) < 4.78 is 0. The molecular formula is C8H15NO3. The zero-order chi connectivity index (χ0) is 9.14. The van der Waals surface area contributed by atoms with E-state index in [1.807, 2.05) is 0 Å². The maximum atomic E-state index is 11.3.